The third-order valence-electron chi connectivity index (χ3n) is 6.79. The Morgan fingerprint density at radius 1 is 0.912 bits per heavy atom. The van der Waals surface area contributed by atoms with Gasteiger partial charge in [0.15, 0.2) is 0 Å². The monoisotopic (exact) mass is 455 g/mol. The fraction of sp³-hybridized carbons (Fsp3) is 0.367. The van der Waals surface area contributed by atoms with Crippen LogP contribution in [0.25, 0.3) is 11.1 Å². The van der Waals surface area contributed by atoms with Gasteiger partial charge in [-0.1, -0.05) is 57.2 Å². The fourth-order valence-electron chi connectivity index (χ4n) is 4.77. The van der Waals surface area contributed by atoms with Gasteiger partial charge in [-0.3, -0.25) is 9.69 Å². The maximum atomic E-state index is 13.3. The van der Waals surface area contributed by atoms with Crippen LogP contribution in [-0.4, -0.2) is 43.5 Å². The minimum Gasteiger partial charge on any atom is -0.369 e. The number of piperazine rings is 1. The van der Waals surface area contributed by atoms with Gasteiger partial charge in [0.05, 0.1) is 0 Å². The van der Waals surface area contributed by atoms with E-state index in [-0.39, 0.29) is 5.91 Å². The summed E-state index contributed by atoms with van der Waals surface area (Å²) >= 11 is 0. The molecule has 3 aromatic carbocycles. The van der Waals surface area contributed by atoms with Crippen molar-refractivity contribution in [3.63, 3.8) is 0 Å². The van der Waals surface area contributed by atoms with Crippen LogP contribution in [0.15, 0.2) is 66.7 Å². The van der Waals surface area contributed by atoms with E-state index in [1.54, 1.807) is 0 Å². The van der Waals surface area contributed by atoms with E-state index < -0.39 is 0 Å². The van der Waals surface area contributed by atoms with E-state index in [2.05, 4.69) is 85.3 Å². The predicted octanol–water partition coefficient (Wildman–Crippen LogP) is 6.57. The Kier molecular flexibility index (Phi) is 7.69. The number of nitrogens with one attached hydrogen (secondary N) is 1. The molecule has 0 radical (unpaired) electrons. The number of amides is 1. The second kappa shape index (κ2) is 10.9. The van der Waals surface area contributed by atoms with Crippen molar-refractivity contribution in [1.29, 1.82) is 0 Å². The van der Waals surface area contributed by atoms with Crippen molar-refractivity contribution in [3.05, 3.63) is 83.4 Å². The summed E-state index contributed by atoms with van der Waals surface area (Å²) in [6.07, 6.45) is 1.21. The molecular formula is C30H37N3O. The van der Waals surface area contributed by atoms with Gasteiger partial charge in [-0.25, -0.2) is 0 Å². The normalized spacial score (nSPS) is 14.4. The van der Waals surface area contributed by atoms with E-state index in [1.807, 2.05) is 24.3 Å². The molecular weight excluding hydrogens is 418 g/mol. The van der Waals surface area contributed by atoms with E-state index in [0.29, 0.717) is 11.5 Å². The Balaban J connectivity index is 1.48. The summed E-state index contributed by atoms with van der Waals surface area (Å²) in [6, 6.07) is 22.8. The average molecular weight is 456 g/mol. The predicted molar refractivity (Wildman–Crippen MR) is 144 cm³/mol. The number of carbonyl (C=O) groups excluding carboxylic acids is 1. The molecule has 178 valence electrons. The lowest BCUT2D eigenvalue weighted by atomic mass is 9.92. The minimum atomic E-state index is -0.0763. The summed E-state index contributed by atoms with van der Waals surface area (Å²) in [5, 5.41) is 3.11. The van der Waals surface area contributed by atoms with Gasteiger partial charge < -0.3 is 10.2 Å². The first-order valence-electron chi connectivity index (χ1n) is 12.5. The molecule has 1 fully saturated rings. The van der Waals surface area contributed by atoms with Gasteiger partial charge in [-0.2, -0.15) is 0 Å². The lowest BCUT2D eigenvalue weighted by molar-refractivity contribution is 0.102. The Morgan fingerprint density at radius 3 is 2.21 bits per heavy atom. The van der Waals surface area contributed by atoms with Gasteiger partial charge in [-0.05, 0) is 78.4 Å². The molecule has 1 amide bonds. The molecule has 4 nitrogen and oxygen atoms in total. The van der Waals surface area contributed by atoms with Gasteiger partial charge in [0.2, 0.25) is 0 Å². The first kappa shape index (κ1) is 24.0. The zero-order valence-corrected chi connectivity index (χ0v) is 21.0. The summed E-state index contributed by atoms with van der Waals surface area (Å²) in [7, 11) is 0. The van der Waals surface area contributed by atoms with E-state index >= 15 is 0 Å². The van der Waals surface area contributed by atoms with Crippen LogP contribution in [0, 0.1) is 6.92 Å². The topological polar surface area (TPSA) is 35.6 Å². The van der Waals surface area contributed by atoms with Crippen molar-refractivity contribution in [3.8, 4) is 11.1 Å². The fourth-order valence-corrected chi connectivity index (χ4v) is 4.77. The van der Waals surface area contributed by atoms with Gasteiger partial charge in [0.1, 0.15) is 0 Å². The number of nitrogens with zero attached hydrogens (tertiary/aromatic N) is 2. The molecule has 0 aromatic heterocycles. The van der Waals surface area contributed by atoms with Gasteiger partial charge in [0, 0.05) is 43.1 Å². The molecule has 1 heterocycles. The molecule has 1 aliphatic rings. The Labute approximate surface area is 204 Å². The number of benzene rings is 3. The molecule has 4 rings (SSSR count). The molecule has 0 bridgehead atoms. The first-order valence-corrected chi connectivity index (χ1v) is 12.5. The zero-order valence-electron chi connectivity index (χ0n) is 21.0. The smallest absolute Gasteiger partial charge is 0.256 e. The minimum absolute atomic E-state index is 0.0763. The van der Waals surface area contributed by atoms with Gasteiger partial charge in [-0.15, -0.1) is 0 Å². The van der Waals surface area contributed by atoms with Crippen molar-refractivity contribution in [2.24, 2.45) is 0 Å². The molecule has 0 unspecified atom stereocenters. The molecule has 1 aliphatic heterocycles. The lowest BCUT2D eigenvalue weighted by Gasteiger charge is -2.36. The molecule has 4 heteroatoms. The molecule has 34 heavy (non-hydrogen) atoms. The summed E-state index contributed by atoms with van der Waals surface area (Å²) in [6.45, 7) is 14.2. The van der Waals surface area contributed by atoms with E-state index in [9.17, 15) is 4.79 Å². The highest BCUT2D eigenvalue weighted by Crippen LogP contribution is 2.30. The molecule has 1 saturated heterocycles. The highest BCUT2D eigenvalue weighted by molar-refractivity contribution is 6.09. The van der Waals surface area contributed by atoms with Crippen LogP contribution in [0.3, 0.4) is 0 Å². The van der Waals surface area contributed by atoms with Crippen LogP contribution < -0.4 is 10.2 Å². The Hall–Kier alpha value is -3.11. The van der Waals surface area contributed by atoms with Crippen LogP contribution >= 0.6 is 0 Å². The summed E-state index contributed by atoms with van der Waals surface area (Å²) in [5.74, 6) is 0.407. The second-order valence-electron chi connectivity index (χ2n) is 9.60. The standard InChI is InChI=1S/C30H37N3O/c1-5-17-32-18-20-33(21-19-32)27-15-13-26(14-16-27)31-30(34)28-8-6-7-23(4)29(28)25-11-9-24(10-12-25)22(2)3/h6-16,22H,5,17-21H2,1-4H3,(H,31,34). The van der Waals surface area contributed by atoms with Gasteiger partial charge in [0.25, 0.3) is 5.91 Å². The van der Waals surface area contributed by atoms with Crippen molar-refractivity contribution >= 4 is 17.3 Å². The Bertz CT molecular complexity index is 1090. The van der Waals surface area contributed by atoms with E-state index in [4.69, 9.17) is 0 Å². The maximum absolute atomic E-state index is 13.3. The Morgan fingerprint density at radius 2 is 1.59 bits per heavy atom. The third kappa shape index (κ3) is 5.51. The largest absolute Gasteiger partial charge is 0.369 e. The van der Waals surface area contributed by atoms with Gasteiger partial charge >= 0.3 is 0 Å². The average Bonchev–Trinajstić information content (AvgIpc) is 2.85. The van der Waals surface area contributed by atoms with Crippen molar-refractivity contribution in [1.82, 2.24) is 4.90 Å². The highest BCUT2D eigenvalue weighted by Gasteiger charge is 2.18. The molecule has 3 aromatic rings. The van der Waals surface area contributed by atoms with Crippen LogP contribution in [0.1, 0.15) is 54.6 Å². The van der Waals surface area contributed by atoms with Crippen molar-refractivity contribution < 1.29 is 4.79 Å². The number of carbonyl (C=O) groups is 1. The first-order chi connectivity index (χ1) is 16.5. The molecule has 1 N–H and O–H groups in total. The van der Waals surface area contributed by atoms with Crippen LogP contribution in [0.2, 0.25) is 0 Å². The quantitative estimate of drug-likeness (QED) is 0.438. The van der Waals surface area contributed by atoms with Crippen molar-refractivity contribution in [2.45, 2.75) is 40.0 Å². The number of hydrogen-bond acceptors (Lipinski definition) is 3. The van der Waals surface area contributed by atoms with Crippen LogP contribution in [0.4, 0.5) is 11.4 Å². The maximum Gasteiger partial charge on any atom is 0.256 e. The molecule has 0 saturated carbocycles. The zero-order chi connectivity index (χ0) is 24.1. The lowest BCUT2D eigenvalue weighted by Crippen LogP contribution is -2.46. The SMILES string of the molecule is CCCN1CCN(c2ccc(NC(=O)c3cccc(C)c3-c3ccc(C(C)C)cc3)cc2)CC1. The summed E-state index contributed by atoms with van der Waals surface area (Å²) in [4.78, 5) is 18.2. The summed E-state index contributed by atoms with van der Waals surface area (Å²) < 4.78 is 0. The van der Waals surface area contributed by atoms with E-state index in [1.165, 1.54) is 24.2 Å². The number of hydrogen-bond donors (Lipinski definition) is 1. The molecule has 0 spiro atoms. The second-order valence-corrected chi connectivity index (χ2v) is 9.60. The number of anilines is 2. The summed E-state index contributed by atoms with van der Waals surface area (Å²) in [5.41, 5.74) is 7.21. The molecule has 0 aliphatic carbocycles. The van der Waals surface area contributed by atoms with Crippen molar-refractivity contribution in [2.75, 3.05) is 42.9 Å². The van der Waals surface area contributed by atoms with Crippen LogP contribution in [-0.2, 0) is 0 Å². The third-order valence-corrected chi connectivity index (χ3v) is 6.79. The number of aryl methyl sites for hydroxylation is 1. The highest BCUT2D eigenvalue weighted by atomic mass is 16.1. The van der Waals surface area contributed by atoms with Crippen LogP contribution in [0.5, 0.6) is 0 Å². The number of rotatable bonds is 7. The van der Waals surface area contributed by atoms with E-state index in [0.717, 1.165) is 48.6 Å². The molecule has 0 atom stereocenters.